The molecule has 7 heteroatoms. The van der Waals surface area contributed by atoms with Crippen molar-refractivity contribution < 1.29 is 19.4 Å². The molecule has 104 valence electrons. The fourth-order valence-corrected chi connectivity index (χ4v) is 2.71. The van der Waals surface area contributed by atoms with Crippen molar-refractivity contribution in [3.05, 3.63) is 16.1 Å². The number of aromatic nitrogens is 1. The van der Waals surface area contributed by atoms with E-state index in [1.54, 1.807) is 11.3 Å². The number of aryl methyl sites for hydroxylation is 1. The Morgan fingerprint density at radius 2 is 2.26 bits per heavy atom. The monoisotopic (exact) mass is 284 g/mol. The molecule has 1 aromatic heterocycles. The second-order valence-electron chi connectivity index (χ2n) is 4.45. The van der Waals surface area contributed by atoms with Crippen molar-refractivity contribution in [3.63, 3.8) is 0 Å². The standard InChI is InChI=1S/C12H16N2O4S/c1-7-6-19-10(14-7)4-5-13-11(15)8-2-3-9(18-8)12(16)17/h6,8-9H,2-5H2,1H3,(H,13,15)(H,16,17)/t8-,9+/m0/s1. The summed E-state index contributed by atoms with van der Waals surface area (Å²) in [5.74, 6) is -1.24. The molecule has 6 nitrogen and oxygen atoms in total. The molecule has 2 N–H and O–H groups in total. The first kappa shape index (κ1) is 14.0. The number of ether oxygens (including phenoxy) is 1. The van der Waals surface area contributed by atoms with E-state index in [0.29, 0.717) is 25.8 Å². The summed E-state index contributed by atoms with van der Waals surface area (Å²) < 4.78 is 5.17. The molecule has 1 aromatic rings. The van der Waals surface area contributed by atoms with E-state index >= 15 is 0 Å². The Hall–Kier alpha value is -1.47. The van der Waals surface area contributed by atoms with Gasteiger partial charge in [-0.3, -0.25) is 4.79 Å². The maximum Gasteiger partial charge on any atom is 0.332 e. The lowest BCUT2D eigenvalue weighted by Gasteiger charge is -2.11. The quantitative estimate of drug-likeness (QED) is 0.832. The van der Waals surface area contributed by atoms with Gasteiger partial charge in [0.15, 0.2) is 6.10 Å². The molecule has 0 saturated carbocycles. The summed E-state index contributed by atoms with van der Waals surface area (Å²) in [6, 6.07) is 0. The summed E-state index contributed by atoms with van der Waals surface area (Å²) in [6.07, 6.45) is 0.0360. The van der Waals surface area contributed by atoms with Crippen LogP contribution in [0.15, 0.2) is 5.38 Å². The largest absolute Gasteiger partial charge is 0.479 e. The summed E-state index contributed by atoms with van der Waals surface area (Å²) in [6.45, 7) is 2.42. The normalized spacial score (nSPS) is 22.4. The van der Waals surface area contributed by atoms with Gasteiger partial charge in [-0.15, -0.1) is 11.3 Å². The molecule has 1 saturated heterocycles. The lowest BCUT2D eigenvalue weighted by Crippen LogP contribution is -2.36. The molecule has 0 aromatic carbocycles. The van der Waals surface area contributed by atoms with E-state index in [4.69, 9.17) is 9.84 Å². The molecule has 0 spiro atoms. The van der Waals surface area contributed by atoms with Gasteiger partial charge in [0.2, 0.25) is 5.91 Å². The van der Waals surface area contributed by atoms with Gasteiger partial charge in [-0.25, -0.2) is 9.78 Å². The molecule has 0 radical (unpaired) electrons. The second-order valence-corrected chi connectivity index (χ2v) is 5.40. The number of amides is 1. The molecule has 0 unspecified atom stereocenters. The number of carboxylic acid groups (broad SMARTS) is 1. The van der Waals surface area contributed by atoms with E-state index in [1.165, 1.54) is 0 Å². The Labute approximate surface area is 114 Å². The topological polar surface area (TPSA) is 88.5 Å². The highest BCUT2D eigenvalue weighted by Crippen LogP contribution is 2.19. The molecular formula is C12H16N2O4S. The molecule has 2 atom stereocenters. The molecule has 1 aliphatic heterocycles. The van der Waals surface area contributed by atoms with Crippen LogP contribution in [0.4, 0.5) is 0 Å². The fraction of sp³-hybridized carbons (Fsp3) is 0.583. The third-order valence-electron chi connectivity index (χ3n) is 2.89. The Bertz CT molecular complexity index is 474. The van der Waals surface area contributed by atoms with Crippen molar-refractivity contribution in [2.75, 3.05) is 6.54 Å². The van der Waals surface area contributed by atoms with E-state index in [1.807, 2.05) is 12.3 Å². The average molecular weight is 284 g/mol. The first-order valence-electron chi connectivity index (χ1n) is 6.13. The summed E-state index contributed by atoms with van der Waals surface area (Å²) >= 11 is 1.57. The van der Waals surface area contributed by atoms with Crippen LogP contribution in [-0.2, 0) is 20.7 Å². The maximum absolute atomic E-state index is 11.8. The molecule has 0 aliphatic carbocycles. The highest BCUT2D eigenvalue weighted by Gasteiger charge is 2.34. The van der Waals surface area contributed by atoms with Gasteiger partial charge in [0.05, 0.1) is 5.01 Å². The SMILES string of the molecule is Cc1csc(CCNC(=O)[C@@H]2CC[C@H](C(=O)O)O2)n1. The summed E-state index contributed by atoms with van der Waals surface area (Å²) in [5.41, 5.74) is 0.981. The number of nitrogens with zero attached hydrogens (tertiary/aromatic N) is 1. The van der Waals surface area contributed by atoms with Gasteiger partial charge in [-0.05, 0) is 19.8 Å². The highest BCUT2D eigenvalue weighted by atomic mass is 32.1. The van der Waals surface area contributed by atoms with E-state index in [9.17, 15) is 9.59 Å². The molecule has 2 rings (SSSR count). The molecule has 1 aliphatic rings. The van der Waals surface area contributed by atoms with Crippen LogP contribution in [0.2, 0.25) is 0 Å². The minimum atomic E-state index is -1.01. The Balaban J connectivity index is 1.72. The van der Waals surface area contributed by atoms with Gasteiger partial charge in [0.25, 0.3) is 0 Å². The number of aliphatic carboxylic acids is 1. The Kier molecular flexibility index (Phi) is 4.49. The minimum Gasteiger partial charge on any atom is -0.479 e. The zero-order chi connectivity index (χ0) is 13.8. The zero-order valence-corrected chi connectivity index (χ0v) is 11.4. The van der Waals surface area contributed by atoms with Gasteiger partial charge >= 0.3 is 5.97 Å². The van der Waals surface area contributed by atoms with Crippen molar-refractivity contribution in [3.8, 4) is 0 Å². The van der Waals surface area contributed by atoms with E-state index in [2.05, 4.69) is 10.3 Å². The van der Waals surface area contributed by atoms with Crippen molar-refractivity contribution in [2.45, 2.75) is 38.4 Å². The van der Waals surface area contributed by atoms with E-state index in [0.717, 1.165) is 10.7 Å². The number of carbonyl (C=O) groups is 2. The molecule has 1 fully saturated rings. The third-order valence-corrected chi connectivity index (χ3v) is 3.92. The van der Waals surface area contributed by atoms with Crippen LogP contribution in [0.3, 0.4) is 0 Å². The lowest BCUT2D eigenvalue weighted by atomic mass is 10.2. The zero-order valence-electron chi connectivity index (χ0n) is 10.6. The molecule has 19 heavy (non-hydrogen) atoms. The van der Waals surface area contributed by atoms with Gasteiger partial charge in [-0.2, -0.15) is 0 Å². The summed E-state index contributed by atoms with van der Waals surface area (Å²) in [4.78, 5) is 26.8. The van der Waals surface area contributed by atoms with Crippen LogP contribution in [0, 0.1) is 6.92 Å². The number of rotatable bonds is 5. The van der Waals surface area contributed by atoms with Crippen molar-refractivity contribution in [2.24, 2.45) is 0 Å². The van der Waals surface area contributed by atoms with Crippen LogP contribution < -0.4 is 5.32 Å². The smallest absolute Gasteiger partial charge is 0.332 e. The van der Waals surface area contributed by atoms with Gasteiger partial charge in [0, 0.05) is 24.0 Å². The van der Waals surface area contributed by atoms with Crippen molar-refractivity contribution >= 4 is 23.2 Å². The molecular weight excluding hydrogens is 268 g/mol. The van der Waals surface area contributed by atoms with E-state index < -0.39 is 18.2 Å². The van der Waals surface area contributed by atoms with Gasteiger partial charge in [-0.1, -0.05) is 0 Å². The second kappa shape index (κ2) is 6.12. The fourth-order valence-electron chi connectivity index (χ4n) is 1.94. The highest BCUT2D eigenvalue weighted by molar-refractivity contribution is 7.09. The average Bonchev–Trinajstić information content (AvgIpc) is 2.98. The Morgan fingerprint density at radius 1 is 1.53 bits per heavy atom. The van der Waals surface area contributed by atoms with Crippen LogP contribution in [-0.4, -0.2) is 40.7 Å². The Morgan fingerprint density at radius 3 is 2.84 bits per heavy atom. The number of thiazole rings is 1. The first-order chi connectivity index (χ1) is 9.06. The number of hydrogen-bond acceptors (Lipinski definition) is 5. The number of carboxylic acids is 1. The predicted molar refractivity (Wildman–Crippen MR) is 69.1 cm³/mol. The first-order valence-corrected chi connectivity index (χ1v) is 7.01. The van der Waals surface area contributed by atoms with Crippen molar-refractivity contribution in [1.29, 1.82) is 0 Å². The van der Waals surface area contributed by atoms with Crippen LogP contribution in [0.25, 0.3) is 0 Å². The van der Waals surface area contributed by atoms with E-state index in [-0.39, 0.29) is 5.91 Å². The summed E-state index contributed by atoms with van der Waals surface area (Å²) in [5, 5.41) is 14.5. The predicted octanol–water partition coefficient (Wildman–Crippen LogP) is 0.742. The number of carbonyl (C=O) groups excluding carboxylic acids is 1. The van der Waals surface area contributed by atoms with Crippen molar-refractivity contribution in [1.82, 2.24) is 10.3 Å². The number of hydrogen-bond donors (Lipinski definition) is 2. The van der Waals surface area contributed by atoms with Crippen LogP contribution in [0.5, 0.6) is 0 Å². The van der Waals surface area contributed by atoms with Gasteiger partial charge in [0.1, 0.15) is 6.10 Å². The molecule has 0 bridgehead atoms. The number of nitrogens with one attached hydrogen (secondary N) is 1. The van der Waals surface area contributed by atoms with Crippen LogP contribution >= 0.6 is 11.3 Å². The lowest BCUT2D eigenvalue weighted by molar-refractivity contribution is -0.151. The molecule has 2 heterocycles. The molecule has 1 amide bonds. The summed E-state index contributed by atoms with van der Waals surface area (Å²) in [7, 11) is 0. The van der Waals surface area contributed by atoms with Crippen LogP contribution in [0.1, 0.15) is 23.5 Å². The van der Waals surface area contributed by atoms with Gasteiger partial charge < -0.3 is 15.2 Å². The minimum absolute atomic E-state index is 0.239. The third kappa shape index (κ3) is 3.74. The maximum atomic E-state index is 11.8.